The van der Waals surface area contributed by atoms with Crippen molar-refractivity contribution < 1.29 is 17.9 Å². The second-order valence-electron chi connectivity index (χ2n) is 4.55. The Bertz CT molecular complexity index is 575. The Morgan fingerprint density at radius 1 is 0.905 bits per heavy atom. The largest absolute Gasteiger partial charge is 0.494 e. The van der Waals surface area contributed by atoms with Gasteiger partial charge in [0.2, 0.25) is 0 Å². The lowest BCUT2D eigenvalue weighted by Gasteiger charge is -2.08. The van der Waals surface area contributed by atoms with Gasteiger partial charge in [-0.05, 0) is 31.2 Å². The molecular formula is C16H16F3NO. The van der Waals surface area contributed by atoms with Gasteiger partial charge in [-0.25, -0.2) is 13.2 Å². The first kappa shape index (κ1) is 15.4. The Morgan fingerprint density at radius 2 is 1.62 bits per heavy atom. The number of rotatable bonds is 7. The number of hydrogen-bond donors (Lipinski definition) is 1. The molecule has 112 valence electrons. The predicted octanol–water partition coefficient (Wildman–Crippen LogP) is 3.66. The minimum Gasteiger partial charge on any atom is -0.494 e. The second-order valence-corrected chi connectivity index (χ2v) is 4.55. The molecule has 5 heteroatoms. The molecule has 2 rings (SSSR count). The van der Waals surface area contributed by atoms with E-state index in [2.05, 4.69) is 5.32 Å². The van der Waals surface area contributed by atoms with Crippen LogP contribution in [0.3, 0.4) is 0 Å². The van der Waals surface area contributed by atoms with Crippen molar-refractivity contribution in [3.8, 4) is 5.75 Å². The summed E-state index contributed by atoms with van der Waals surface area (Å²) in [4.78, 5) is 0. The van der Waals surface area contributed by atoms with Crippen LogP contribution in [0, 0.1) is 17.5 Å². The van der Waals surface area contributed by atoms with Gasteiger partial charge in [0, 0.05) is 18.2 Å². The molecule has 0 atom stereocenters. The number of benzene rings is 2. The van der Waals surface area contributed by atoms with Crippen LogP contribution in [0.5, 0.6) is 5.75 Å². The molecule has 0 saturated heterocycles. The zero-order valence-electron chi connectivity index (χ0n) is 11.4. The van der Waals surface area contributed by atoms with Gasteiger partial charge >= 0.3 is 0 Å². The summed E-state index contributed by atoms with van der Waals surface area (Å²) in [6.45, 7) is 1.26. The molecule has 0 aliphatic carbocycles. The molecule has 0 radical (unpaired) electrons. The molecule has 0 saturated carbocycles. The molecule has 2 aromatic rings. The zero-order chi connectivity index (χ0) is 15.1. The van der Waals surface area contributed by atoms with Crippen LogP contribution < -0.4 is 10.1 Å². The Kier molecular flexibility index (Phi) is 5.63. The van der Waals surface area contributed by atoms with Crippen molar-refractivity contribution >= 4 is 0 Å². The third kappa shape index (κ3) is 4.79. The van der Waals surface area contributed by atoms with Crippen LogP contribution in [-0.4, -0.2) is 13.2 Å². The summed E-state index contributed by atoms with van der Waals surface area (Å²) >= 11 is 0. The van der Waals surface area contributed by atoms with Crippen molar-refractivity contribution in [2.24, 2.45) is 0 Å². The normalized spacial score (nSPS) is 10.6. The summed E-state index contributed by atoms with van der Waals surface area (Å²) in [6, 6.07) is 10.8. The minimum atomic E-state index is -1.17. The highest BCUT2D eigenvalue weighted by Crippen LogP contribution is 2.13. The van der Waals surface area contributed by atoms with Crippen molar-refractivity contribution in [1.29, 1.82) is 0 Å². The van der Waals surface area contributed by atoms with Crippen molar-refractivity contribution in [3.05, 3.63) is 65.5 Å². The number of para-hydroxylation sites is 1. The van der Waals surface area contributed by atoms with E-state index in [4.69, 9.17) is 4.74 Å². The minimum absolute atomic E-state index is 0.109. The van der Waals surface area contributed by atoms with Crippen LogP contribution in [-0.2, 0) is 6.54 Å². The standard InChI is InChI=1S/C16H16F3NO/c17-14-10-16(19)15(18)9-12(14)11-20-7-4-8-21-13-5-2-1-3-6-13/h1-3,5-6,9-10,20H,4,7-8,11H2. The predicted molar refractivity (Wildman–Crippen MR) is 74.6 cm³/mol. The molecule has 2 nitrogen and oxygen atoms in total. The Balaban J connectivity index is 1.67. The van der Waals surface area contributed by atoms with E-state index >= 15 is 0 Å². The van der Waals surface area contributed by atoms with E-state index in [1.54, 1.807) is 0 Å². The maximum Gasteiger partial charge on any atom is 0.161 e. The summed E-state index contributed by atoms with van der Waals surface area (Å²) in [6.07, 6.45) is 0.722. The summed E-state index contributed by atoms with van der Waals surface area (Å²) in [5.41, 5.74) is 0.109. The highest BCUT2D eigenvalue weighted by atomic mass is 19.2. The Labute approximate surface area is 121 Å². The van der Waals surface area contributed by atoms with Gasteiger partial charge in [0.25, 0.3) is 0 Å². The lowest BCUT2D eigenvalue weighted by molar-refractivity contribution is 0.308. The number of ether oxygens (including phenoxy) is 1. The smallest absolute Gasteiger partial charge is 0.161 e. The van der Waals surface area contributed by atoms with Gasteiger partial charge < -0.3 is 10.1 Å². The van der Waals surface area contributed by atoms with E-state index in [1.165, 1.54) is 0 Å². The van der Waals surface area contributed by atoms with Crippen molar-refractivity contribution in [3.63, 3.8) is 0 Å². The molecule has 0 spiro atoms. The van der Waals surface area contributed by atoms with E-state index in [1.807, 2.05) is 30.3 Å². The van der Waals surface area contributed by atoms with Gasteiger partial charge in [0.15, 0.2) is 11.6 Å². The fourth-order valence-electron chi connectivity index (χ4n) is 1.83. The zero-order valence-corrected chi connectivity index (χ0v) is 11.4. The highest BCUT2D eigenvalue weighted by Gasteiger charge is 2.09. The van der Waals surface area contributed by atoms with Crippen molar-refractivity contribution in [2.45, 2.75) is 13.0 Å². The molecule has 0 bridgehead atoms. The van der Waals surface area contributed by atoms with Crippen LogP contribution in [0.4, 0.5) is 13.2 Å². The first-order chi connectivity index (χ1) is 10.2. The molecule has 2 aromatic carbocycles. The molecule has 0 aromatic heterocycles. The van der Waals surface area contributed by atoms with Gasteiger partial charge in [-0.2, -0.15) is 0 Å². The van der Waals surface area contributed by atoms with Crippen LogP contribution in [0.2, 0.25) is 0 Å². The summed E-state index contributed by atoms with van der Waals surface area (Å²) in [7, 11) is 0. The van der Waals surface area contributed by atoms with Gasteiger partial charge in [0.1, 0.15) is 11.6 Å². The van der Waals surface area contributed by atoms with E-state index < -0.39 is 17.5 Å². The average Bonchev–Trinajstić information content (AvgIpc) is 2.49. The third-order valence-corrected chi connectivity index (χ3v) is 2.91. The summed E-state index contributed by atoms with van der Waals surface area (Å²) < 4.78 is 44.6. The fourth-order valence-corrected chi connectivity index (χ4v) is 1.83. The van der Waals surface area contributed by atoms with E-state index in [-0.39, 0.29) is 12.1 Å². The van der Waals surface area contributed by atoms with Crippen molar-refractivity contribution in [1.82, 2.24) is 5.32 Å². The van der Waals surface area contributed by atoms with Gasteiger partial charge in [-0.1, -0.05) is 18.2 Å². The molecule has 0 aliphatic rings. The van der Waals surface area contributed by atoms with Crippen molar-refractivity contribution in [2.75, 3.05) is 13.2 Å². The van der Waals surface area contributed by atoms with Crippen LogP contribution >= 0.6 is 0 Å². The SMILES string of the molecule is Fc1cc(F)c(CNCCCOc2ccccc2)cc1F. The molecule has 21 heavy (non-hydrogen) atoms. The molecule has 1 N–H and O–H groups in total. The topological polar surface area (TPSA) is 21.3 Å². The first-order valence-corrected chi connectivity index (χ1v) is 6.69. The van der Waals surface area contributed by atoms with E-state index in [0.29, 0.717) is 19.2 Å². The third-order valence-electron chi connectivity index (χ3n) is 2.91. The molecule has 0 fully saturated rings. The van der Waals surface area contributed by atoms with Gasteiger partial charge in [-0.15, -0.1) is 0 Å². The lowest BCUT2D eigenvalue weighted by atomic mass is 10.2. The van der Waals surface area contributed by atoms with E-state index in [9.17, 15) is 13.2 Å². The number of halogens is 3. The van der Waals surface area contributed by atoms with E-state index in [0.717, 1.165) is 18.2 Å². The van der Waals surface area contributed by atoms with Gasteiger partial charge in [0.05, 0.1) is 6.61 Å². The maximum atomic E-state index is 13.4. The quantitative estimate of drug-likeness (QED) is 0.622. The Hall–Kier alpha value is -2.01. The molecular weight excluding hydrogens is 279 g/mol. The average molecular weight is 295 g/mol. The fraction of sp³-hybridized carbons (Fsp3) is 0.250. The Morgan fingerprint density at radius 3 is 2.38 bits per heavy atom. The molecule has 0 heterocycles. The number of hydrogen-bond acceptors (Lipinski definition) is 2. The van der Waals surface area contributed by atoms with Crippen LogP contribution in [0.15, 0.2) is 42.5 Å². The first-order valence-electron chi connectivity index (χ1n) is 6.69. The summed E-state index contributed by atoms with van der Waals surface area (Å²) in [5.74, 6) is -2.17. The lowest BCUT2D eigenvalue weighted by Crippen LogP contribution is -2.18. The molecule has 0 aliphatic heterocycles. The van der Waals surface area contributed by atoms with Gasteiger partial charge in [-0.3, -0.25) is 0 Å². The van der Waals surface area contributed by atoms with Crippen LogP contribution in [0.1, 0.15) is 12.0 Å². The molecule has 0 unspecified atom stereocenters. The monoisotopic (exact) mass is 295 g/mol. The highest BCUT2D eigenvalue weighted by molar-refractivity contribution is 5.21. The maximum absolute atomic E-state index is 13.4. The molecule has 0 amide bonds. The van der Waals surface area contributed by atoms with Crippen LogP contribution in [0.25, 0.3) is 0 Å². The summed E-state index contributed by atoms with van der Waals surface area (Å²) in [5, 5.41) is 2.97. The second kappa shape index (κ2) is 7.69. The number of nitrogens with one attached hydrogen (secondary N) is 1.